The molecule has 18 heavy (non-hydrogen) atoms. The first-order chi connectivity index (χ1) is 8.69. The van der Waals surface area contributed by atoms with E-state index in [-0.39, 0.29) is 6.04 Å². The average Bonchev–Trinajstić information content (AvgIpc) is 2.77. The van der Waals surface area contributed by atoms with E-state index in [2.05, 4.69) is 44.3 Å². The fourth-order valence-electron chi connectivity index (χ4n) is 1.80. The Hall–Kier alpha value is -2.04. The monoisotopic (exact) mass is 245 g/mol. The number of likely N-dealkylation sites (N-methyl/N-ethyl adjacent to an activating group) is 1. The SMILES string of the molecule is CN=C1N=C(N(C)Cc2cc[nH]c2)C=CC(C)N1. The molecule has 0 saturated carbocycles. The standard InChI is InChI=1S/C13H19N5/c1-10-4-5-12(17-13(14-2)16-10)18(3)9-11-6-7-15-8-11/h4-8,10,15H,9H2,1-3H3,(H,14,16). The maximum Gasteiger partial charge on any atom is 0.220 e. The van der Waals surface area contributed by atoms with Gasteiger partial charge in [-0.3, -0.25) is 4.99 Å². The number of aromatic amines is 1. The summed E-state index contributed by atoms with van der Waals surface area (Å²) >= 11 is 0. The third-order valence-corrected chi connectivity index (χ3v) is 2.80. The van der Waals surface area contributed by atoms with Crippen molar-refractivity contribution in [3.05, 3.63) is 36.2 Å². The molecule has 0 aromatic carbocycles. The Labute approximate surface area is 107 Å². The lowest BCUT2D eigenvalue weighted by Gasteiger charge is -2.17. The number of hydrogen-bond acceptors (Lipinski definition) is 2. The summed E-state index contributed by atoms with van der Waals surface area (Å²) < 4.78 is 0. The van der Waals surface area contributed by atoms with Crippen LogP contribution in [0.2, 0.25) is 0 Å². The Morgan fingerprint density at radius 2 is 2.33 bits per heavy atom. The summed E-state index contributed by atoms with van der Waals surface area (Å²) in [5.74, 6) is 1.58. The van der Waals surface area contributed by atoms with Crippen molar-refractivity contribution in [3.8, 4) is 0 Å². The highest BCUT2D eigenvalue weighted by Gasteiger charge is 2.11. The van der Waals surface area contributed by atoms with E-state index in [1.807, 2.05) is 25.5 Å². The average molecular weight is 245 g/mol. The molecule has 5 nitrogen and oxygen atoms in total. The van der Waals surface area contributed by atoms with Crippen LogP contribution in [0.1, 0.15) is 12.5 Å². The molecule has 0 saturated heterocycles. The predicted octanol–water partition coefficient (Wildman–Crippen LogP) is 1.38. The minimum atomic E-state index is 0.241. The van der Waals surface area contributed by atoms with Crippen LogP contribution in [0.5, 0.6) is 0 Å². The van der Waals surface area contributed by atoms with Crippen molar-refractivity contribution in [2.45, 2.75) is 19.5 Å². The van der Waals surface area contributed by atoms with Gasteiger partial charge in [-0.15, -0.1) is 0 Å². The first-order valence-electron chi connectivity index (χ1n) is 6.02. The maximum atomic E-state index is 4.51. The zero-order valence-corrected chi connectivity index (χ0v) is 11.0. The van der Waals surface area contributed by atoms with Gasteiger partial charge in [0.1, 0.15) is 5.84 Å². The fourth-order valence-corrected chi connectivity index (χ4v) is 1.80. The Morgan fingerprint density at radius 1 is 1.50 bits per heavy atom. The summed E-state index contributed by atoms with van der Waals surface area (Å²) in [6.45, 7) is 2.89. The molecule has 0 amide bonds. The van der Waals surface area contributed by atoms with Crippen LogP contribution < -0.4 is 5.32 Å². The third kappa shape index (κ3) is 3.00. The van der Waals surface area contributed by atoms with Crippen LogP contribution in [0.15, 0.2) is 40.6 Å². The van der Waals surface area contributed by atoms with Crippen molar-refractivity contribution < 1.29 is 0 Å². The second kappa shape index (κ2) is 5.53. The quantitative estimate of drug-likeness (QED) is 0.827. The summed E-state index contributed by atoms with van der Waals surface area (Å²) in [7, 11) is 3.77. The number of nitrogens with zero attached hydrogens (tertiary/aromatic N) is 3. The van der Waals surface area contributed by atoms with Crippen LogP contribution in [0, 0.1) is 0 Å². The molecule has 0 bridgehead atoms. The molecule has 1 aromatic heterocycles. The van der Waals surface area contributed by atoms with E-state index in [9.17, 15) is 0 Å². The molecular formula is C13H19N5. The van der Waals surface area contributed by atoms with Crippen molar-refractivity contribution in [3.63, 3.8) is 0 Å². The van der Waals surface area contributed by atoms with Crippen LogP contribution in [-0.4, -0.2) is 41.8 Å². The highest BCUT2D eigenvalue weighted by Crippen LogP contribution is 2.05. The Morgan fingerprint density at radius 3 is 3.00 bits per heavy atom. The normalized spacial score (nSPS) is 21.4. The summed E-state index contributed by atoms with van der Waals surface area (Å²) in [6.07, 6.45) is 8.04. The molecule has 2 heterocycles. The van der Waals surface area contributed by atoms with Crippen molar-refractivity contribution in [1.29, 1.82) is 0 Å². The van der Waals surface area contributed by atoms with Gasteiger partial charge in [-0.1, -0.05) is 6.08 Å². The second-order valence-electron chi connectivity index (χ2n) is 4.38. The molecule has 0 radical (unpaired) electrons. The number of amidine groups is 1. The van der Waals surface area contributed by atoms with E-state index in [1.54, 1.807) is 7.05 Å². The number of guanidine groups is 1. The van der Waals surface area contributed by atoms with Crippen LogP contribution in [0.25, 0.3) is 0 Å². The van der Waals surface area contributed by atoms with E-state index in [0.717, 1.165) is 12.4 Å². The van der Waals surface area contributed by atoms with E-state index >= 15 is 0 Å². The lowest BCUT2D eigenvalue weighted by Crippen LogP contribution is -2.30. The summed E-state index contributed by atoms with van der Waals surface area (Å²) in [5, 5.41) is 3.22. The third-order valence-electron chi connectivity index (χ3n) is 2.80. The lowest BCUT2D eigenvalue weighted by molar-refractivity contribution is 0.504. The fraction of sp³-hybridized carbons (Fsp3) is 0.385. The minimum Gasteiger partial charge on any atom is -0.367 e. The van der Waals surface area contributed by atoms with E-state index < -0.39 is 0 Å². The topological polar surface area (TPSA) is 55.8 Å². The summed E-state index contributed by atoms with van der Waals surface area (Å²) in [4.78, 5) is 13.8. The van der Waals surface area contributed by atoms with Gasteiger partial charge < -0.3 is 15.2 Å². The van der Waals surface area contributed by atoms with Gasteiger partial charge in [0, 0.05) is 39.1 Å². The van der Waals surface area contributed by atoms with Crippen molar-refractivity contribution >= 4 is 11.8 Å². The minimum absolute atomic E-state index is 0.241. The molecule has 1 unspecified atom stereocenters. The highest BCUT2D eigenvalue weighted by molar-refractivity contribution is 6.02. The Bertz CT molecular complexity index is 470. The predicted molar refractivity (Wildman–Crippen MR) is 74.8 cm³/mol. The number of H-pyrrole nitrogens is 1. The van der Waals surface area contributed by atoms with Crippen molar-refractivity contribution in [1.82, 2.24) is 15.2 Å². The van der Waals surface area contributed by atoms with Crippen molar-refractivity contribution in [2.75, 3.05) is 14.1 Å². The highest BCUT2D eigenvalue weighted by atomic mass is 15.2. The number of hydrogen-bond donors (Lipinski definition) is 2. The smallest absolute Gasteiger partial charge is 0.220 e. The molecule has 1 atom stereocenters. The second-order valence-corrected chi connectivity index (χ2v) is 4.38. The molecule has 0 spiro atoms. The van der Waals surface area contributed by atoms with Gasteiger partial charge in [-0.05, 0) is 24.6 Å². The van der Waals surface area contributed by atoms with Crippen LogP contribution in [-0.2, 0) is 6.54 Å². The number of rotatable bonds is 2. The summed E-state index contributed by atoms with van der Waals surface area (Å²) in [5.41, 5.74) is 1.23. The van der Waals surface area contributed by atoms with Gasteiger partial charge >= 0.3 is 0 Å². The van der Waals surface area contributed by atoms with Crippen LogP contribution in [0.3, 0.4) is 0 Å². The molecule has 1 aliphatic heterocycles. The van der Waals surface area contributed by atoms with Gasteiger partial charge in [-0.2, -0.15) is 4.99 Å². The van der Waals surface area contributed by atoms with Gasteiger partial charge in [-0.25, -0.2) is 0 Å². The number of aliphatic imine (C=N–C) groups is 2. The van der Waals surface area contributed by atoms with Gasteiger partial charge in [0.2, 0.25) is 5.96 Å². The summed E-state index contributed by atoms with van der Waals surface area (Å²) in [6, 6.07) is 2.30. The first-order valence-corrected chi connectivity index (χ1v) is 6.02. The van der Waals surface area contributed by atoms with Gasteiger partial charge in [0.15, 0.2) is 0 Å². The van der Waals surface area contributed by atoms with E-state index in [0.29, 0.717) is 5.96 Å². The lowest BCUT2D eigenvalue weighted by atomic mass is 10.3. The van der Waals surface area contributed by atoms with Crippen LogP contribution in [0.4, 0.5) is 0 Å². The molecule has 2 N–H and O–H groups in total. The molecule has 1 aromatic rings. The number of aromatic nitrogens is 1. The molecule has 1 aliphatic rings. The molecular weight excluding hydrogens is 226 g/mol. The molecule has 0 aliphatic carbocycles. The molecule has 96 valence electrons. The molecule has 0 fully saturated rings. The van der Waals surface area contributed by atoms with E-state index in [1.165, 1.54) is 5.56 Å². The Balaban J connectivity index is 2.14. The van der Waals surface area contributed by atoms with E-state index in [4.69, 9.17) is 0 Å². The molecule has 2 rings (SSSR count). The largest absolute Gasteiger partial charge is 0.367 e. The first kappa shape index (κ1) is 12.4. The zero-order chi connectivity index (χ0) is 13.0. The molecule has 5 heteroatoms. The zero-order valence-electron chi connectivity index (χ0n) is 11.0. The number of nitrogens with one attached hydrogen (secondary N) is 2. The van der Waals surface area contributed by atoms with Crippen molar-refractivity contribution in [2.24, 2.45) is 9.98 Å². The van der Waals surface area contributed by atoms with Gasteiger partial charge in [0.25, 0.3) is 0 Å². The van der Waals surface area contributed by atoms with Crippen LogP contribution >= 0.6 is 0 Å². The van der Waals surface area contributed by atoms with Gasteiger partial charge in [0.05, 0.1) is 0 Å². The maximum absolute atomic E-state index is 4.51. The Kier molecular flexibility index (Phi) is 3.82.